The molecule has 23 heavy (non-hydrogen) atoms. The number of aromatic nitrogens is 3. The molecule has 122 valence electrons. The first-order valence-corrected chi connectivity index (χ1v) is 9.02. The smallest absolute Gasteiger partial charge is 0.226 e. The molecular weight excluding hydrogens is 310 g/mol. The zero-order chi connectivity index (χ0) is 15.8. The standard InChI is InChI=1S/C16H21N5OS/c1-19-8-12(7-18-19)14-6-15(14)16(22)21-4-2-20(3-5-21)9-13-10-23-11-17-13/h7-8,10-11,14-15H,2-6,9H2,1H3/t14-,15-/m0/s1. The van der Waals surface area contributed by atoms with Gasteiger partial charge < -0.3 is 4.90 Å². The number of thiazole rings is 1. The average Bonchev–Trinajstić information content (AvgIpc) is 2.96. The first kappa shape index (κ1) is 14.8. The number of carbonyl (C=O) groups excluding carboxylic acids is 1. The van der Waals surface area contributed by atoms with E-state index in [4.69, 9.17) is 0 Å². The van der Waals surface area contributed by atoms with Crippen LogP contribution < -0.4 is 0 Å². The zero-order valence-electron chi connectivity index (χ0n) is 13.3. The van der Waals surface area contributed by atoms with E-state index < -0.39 is 0 Å². The molecule has 2 fully saturated rings. The van der Waals surface area contributed by atoms with E-state index in [1.807, 2.05) is 34.5 Å². The number of hydrogen-bond donors (Lipinski definition) is 0. The van der Waals surface area contributed by atoms with Gasteiger partial charge >= 0.3 is 0 Å². The third-order valence-electron chi connectivity index (χ3n) is 4.81. The van der Waals surface area contributed by atoms with E-state index in [2.05, 4.69) is 20.4 Å². The van der Waals surface area contributed by atoms with Crippen LogP contribution >= 0.6 is 11.3 Å². The monoisotopic (exact) mass is 331 g/mol. The first-order valence-electron chi connectivity index (χ1n) is 8.07. The Hall–Kier alpha value is -1.73. The molecule has 0 radical (unpaired) electrons. The molecule has 7 heteroatoms. The number of hydrogen-bond acceptors (Lipinski definition) is 5. The van der Waals surface area contributed by atoms with Gasteiger partial charge in [-0.1, -0.05) is 0 Å². The van der Waals surface area contributed by atoms with Crippen LogP contribution in [0.15, 0.2) is 23.3 Å². The molecule has 1 amide bonds. The Balaban J connectivity index is 1.28. The zero-order valence-corrected chi connectivity index (χ0v) is 14.1. The number of piperazine rings is 1. The van der Waals surface area contributed by atoms with Crippen molar-refractivity contribution < 1.29 is 4.79 Å². The van der Waals surface area contributed by atoms with E-state index in [9.17, 15) is 4.79 Å². The summed E-state index contributed by atoms with van der Waals surface area (Å²) in [7, 11) is 1.92. The molecule has 3 heterocycles. The Morgan fingerprint density at radius 2 is 2.17 bits per heavy atom. The van der Waals surface area contributed by atoms with Crippen molar-refractivity contribution in [3.63, 3.8) is 0 Å². The Morgan fingerprint density at radius 1 is 1.35 bits per heavy atom. The van der Waals surface area contributed by atoms with E-state index in [-0.39, 0.29) is 5.92 Å². The summed E-state index contributed by atoms with van der Waals surface area (Å²) in [4.78, 5) is 21.4. The number of carbonyl (C=O) groups is 1. The number of aryl methyl sites for hydroxylation is 1. The van der Waals surface area contributed by atoms with Gasteiger partial charge in [-0.2, -0.15) is 5.10 Å². The van der Waals surface area contributed by atoms with E-state index in [0.717, 1.165) is 44.8 Å². The van der Waals surface area contributed by atoms with Crippen LogP contribution in [0.5, 0.6) is 0 Å². The molecule has 2 aromatic rings. The molecule has 0 aromatic carbocycles. The lowest BCUT2D eigenvalue weighted by Gasteiger charge is -2.34. The van der Waals surface area contributed by atoms with Crippen molar-refractivity contribution in [3.8, 4) is 0 Å². The maximum atomic E-state index is 12.6. The van der Waals surface area contributed by atoms with Crippen molar-refractivity contribution in [2.45, 2.75) is 18.9 Å². The fraction of sp³-hybridized carbons (Fsp3) is 0.562. The molecule has 0 N–H and O–H groups in total. The Labute approximate surface area is 139 Å². The van der Waals surface area contributed by atoms with Crippen LogP contribution in [0.1, 0.15) is 23.6 Å². The second-order valence-electron chi connectivity index (χ2n) is 6.48. The number of amides is 1. The minimum atomic E-state index is 0.171. The molecule has 2 aromatic heterocycles. The predicted octanol–water partition coefficient (Wildman–Crippen LogP) is 1.32. The fourth-order valence-electron chi connectivity index (χ4n) is 3.37. The van der Waals surface area contributed by atoms with Gasteiger partial charge in [-0.05, 0) is 17.9 Å². The summed E-state index contributed by atoms with van der Waals surface area (Å²) in [6.45, 7) is 4.44. The maximum Gasteiger partial charge on any atom is 0.226 e. The molecule has 1 aliphatic heterocycles. The summed E-state index contributed by atoms with van der Waals surface area (Å²) in [5.41, 5.74) is 4.21. The van der Waals surface area contributed by atoms with Crippen LogP contribution in [-0.2, 0) is 18.4 Å². The van der Waals surface area contributed by atoms with Crippen LogP contribution in [0, 0.1) is 5.92 Å². The second kappa shape index (κ2) is 6.05. The third-order valence-corrected chi connectivity index (χ3v) is 5.45. The molecule has 2 aliphatic rings. The molecule has 1 saturated carbocycles. The van der Waals surface area contributed by atoms with Gasteiger partial charge in [0.15, 0.2) is 0 Å². The lowest BCUT2D eigenvalue weighted by molar-refractivity contribution is -0.134. The lowest BCUT2D eigenvalue weighted by atomic mass is 10.1. The molecular formula is C16H21N5OS. The molecule has 4 rings (SSSR count). The van der Waals surface area contributed by atoms with Crippen molar-refractivity contribution in [2.24, 2.45) is 13.0 Å². The first-order chi connectivity index (χ1) is 11.2. The van der Waals surface area contributed by atoms with Crippen LogP contribution in [0.3, 0.4) is 0 Å². The van der Waals surface area contributed by atoms with Gasteiger partial charge in [0.25, 0.3) is 0 Å². The van der Waals surface area contributed by atoms with Gasteiger partial charge in [0.2, 0.25) is 5.91 Å². The highest BCUT2D eigenvalue weighted by Gasteiger charge is 2.46. The minimum absolute atomic E-state index is 0.171. The van der Waals surface area contributed by atoms with Crippen LogP contribution in [0.25, 0.3) is 0 Å². The van der Waals surface area contributed by atoms with E-state index in [1.165, 1.54) is 5.56 Å². The highest BCUT2D eigenvalue weighted by molar-refractivity contribution is 7.07. The fourth-order valence-corrected chi connectivity index (χ4v) is 3.92. The molecule has 6 nitrogen and oxygen atoms in total. The highest BCUT2D eigenvalue weighted by atomic mass is 32.1. The molecule has 1 saturated heterocycles. The van der Waals surface area contributed by atoms with Crippen molar-refractivity contribution in [1.82, 2.24) is 24.6 Å². The molecule has 0 spiro atoms. The average molecular weight is 331 g/mol. The van der Waals surface area contributed by atoms with Gasteiger partial charge in [-0.25, -0.2) is 4.98 Å². The van der Waals surface area contributed by atoms with Gasteiger partial charge in [0.05, 0.1) is 17.4 Å². The summed E-state index contributed by atoms with van der Waals surface area (Å²) < 4.78 is 1.81. The van der Waals surface area contributed by atoms with Crippen molar-refractivity contribution >= 4 is 17.2 Å². The minimum Gasteiger partial charge on any atom is -0.340 e. The second-order valence-corrected chi connectivity index (χ2v) is 7.20. The summed E-state index contributed by atoms with van der Waals surface area (Å²) in [6, 6.07) is 0. The third kappa shape index (κ3) is 3.16. The number of rotatable bonds is 4. The van der Waals surface area contributed by atoms with Crippen molar-refractivity contribution in [1.29, 1.82) is 0 Å². The SMILES string of the molecule is Cn1cc([C@@H]2C[C@@H]2C(=O)N2CCN(Cc3cscn3)CC2)cn1. The molecule has 0 bridgehead atoms. The van der Waals surface area contributed by atoms with Gasteiger partial charge in [0.1, 0.15) is 0 Å². The van der Waals surface area contributed by atoms with Crippen LogP contribution in [-0.4, -0.2) is 56.7 Å². The largest absolute Gasteiger partial charge is 0.340 e. The van der Waals surface area contributed by atoms with Gasteiger partial charge in [-0.3, -0.25) is 14.4 Å². The molecule has 2 atom stereocenters. The molecule has 0 unspecified atom stereocenters. The summed E-state index contributed by atoms with van der Waals surface area (Å²) in [6.07, 6.45) is 4.90. The summed E-state index contributed by atoms with van der Waals surface area (Å²) in [5, 5.41) is 6.31. The predicted molar refractivity (Wildman–Crippen MR) is 88.0 cm³/mol. The Morgan fingerprint density at radius 3 is 2.83 bits per heavy atom. The van der Waals surface area contributed by atoms with Crippen molar-refractivity contribution in [3.05, 3.63) is 34.5 Å². The summed E-state index contributed by atoms with van der Waals surface area (Å²) >= 11 is 1.64. The summed E-state index contributed by atoms with van der Waals surface area (Å²) in [5.74, 6) is 0.876. The van der Waals surface area contributed by atoms with E-state index in [1.54, 1.807) is 11.3 Å². The van der Waals surface area contributed by atoms with Crippen LogP contribution in [0.4, 0.5) is 0 Å². The number of nitrogens with zero attached hydrogens (tertiary/aromatic N) is 5. The Bertz CT molecular complexity index is 674. The molecule has 1 aliphatic carbocycles. The van der Waals surface area contributed by atoms with Gasteiger partial charge in [-0.15, -0.1) is 11.3 Å². The lowest BCUT2D eigenvalue weighted by Crippen LogP contribution is -2.48. The highest BCUT2D eigenvalue weighted by Crippen LogP contribution is 2.48. The van der Waals surface area contributed by atoms with Gasteiger partial charge in [0, 0.05) is 57.3 Å². The van der Waals surface area contributed by atoms with E-state index >= 15 is 0 Å². The van der Waals surface area contributed by atoms with E-state index in [0.29, 0.717) is 11.8 Å². The maximum absolute atomic E-state index is 12.6. The van der Waals surface area contributed by atoms with Crippen LogP contribution in [0.2, 0.25) is 0 Å². The normalized spacial score (nSPS) is 24.8. The Kier molecular flexibility index (Phi) is 3.90. The topological polar surface area (TPSA) is 54.3 Å². The quantitative estimate of drug-likeness (QED) is 0.848. The van der Waals surface area contributed by atoms with Crippen molar-refractivity contribution in [2.75, 3.05) is 26.2 Å².